The van der Waals surface area contributed by atoms with Crippen LogP contribution >= 0.6 is 0 Å². The van der Waals surface area contributed by atoms with Gasteiger partial charge in [0.05, 0.1) is 11.9 Å². The Hall–Kier alpha value is -4.05. The van der Waals surface area contributed by atoms with Crippen molar-refractivity contribution in [1.82, 2.24) is 0 Å². The molecule has 0 spiro atoms. The summed E-state index contributed by atoms with van der Waals surface area (Å²) < 4.78 is 12.2. The lowest BCUT2D eigenvalue weighted by Gasteiger charge is -2.14. The third kappa shape index (κ3) is 6.21. The van der Waals surface area contributed by atoms with Gasteiger partial charge in [0, 0.05) is 0 Å². The van der Waals surface area contributed by atoms with Crippen molar-refractivity contribution in [2.24, 2.45) is 5.10 Å². The number of hydrazone groups is 1. The van der Waals surface area contributed by atoms with Crippen LogP contribution in [-0.4, -0.2) is 6.21 Å². The van der Waals surface area contributed by atoms with Crippen molar-refractivity contribution in [1.29, 1.82) is 0 Å². The molecule has 31 heavy (non-hydrogen) atoms. The van der Waals surface area contributed by atoms with Gasteiger partial charge in [0.1, 0.15) is 13.2 Å². The molecule has 4 aromatic carbocycles. The highest BCUT2D eigenvalue weighted by atomic mass is 16.5. The molecule has 0 amide bonds. The molecule has 0 aromatic heterocycles. The molecular weight excluding hydrogens is 384 g/mol. The summed E-state index contributed by atoms with van der Waals surface area (Å²) in [5, 5.41) is 4.32. The Kier molecular flexibility index (Phi) is 6.95. The molecule has 0 saturated carbocycles. The van der Waals surface area contributed by atoms with Crippen LogP contribution in [0.15, 0.2) is 114 Å². The van der Waals surface area contributed by atoms with Gasteiger partial charge in [0.25, 0.3) is 0 Å². The zero-order valence-corrected chi connectivity index (χ0v) is 17.1. The molecule has 0 unspecified atom stereocenters. The van der Waals surface area contributed by atoms with E-state index in [1.165, 1.54) is 0 Å². The van der Waals surface area contributed by atoms with Crippen LogP contribution < -0.4 is 14.9 Å². The minimum absolute atomic E-state index is 0.464. The highest BCUT2D eigenvalue weighted by molar-refractivity contribution is 5.81. The van der Waals surface area contributed by atoms with Gasteiger partial charge in [0.15, 0.2) is 11.5 Å². The van der Waals surface area contributed by atoms with Crippen molar-refractivity contribution in [2.75, 3.05) is 5.43 Å². The van der Waals surface area contributed by atoms with Gasteiger partial charge in [-0.15, -0.1) is 0 Å². The minimum Gasteiger partial charge on any atom is -0.485 e. The highest BCUT2D eigenvalue weighted by Gasteiger charge is 2.08. The standard InChI is InChI=1S/C27H24N2O2/c1-4-10-22(11-5-1)20-30-26-17-16-24(19-28-29-25-14-8-3-9-15-25)18-27(26)31-21-23-12-6-2-7-13-23/h1-19,29H,20-21H2/b28-19-. The van der Waals surface area contributed by atoms with Crippen LogP contribution in [0.25, 0.3) is 0 Å². The zero-order valence-electron chi connectivity index (χ0n) is 17.1. The van der Waals surface area contributed by atoms with Crippen molar-refractivity contribution in [3.8, 4) is 11.5 Å². The Balaban J connectivity index is 1.48. The van der Waals surface area contributed by atoms with Gasteiger partial charge in [-0.1, -0.05) is 78.9 Å². The molecule has 0 bridgehead atoms. The van der Waals surface area contributed by atoms with E-state index in [9.17, 15) is 0 Å². The lowest BCUT2D eigenvalue weighted by molar-refractivity contribution is 0.256. The molecule has 0 aliphatic heterocycles. The summed E-state index contributed by atoms with van der Waals surface area (Å²) in [6.45, 7) is 0.941. The fourth-order valence-electron chi connectivity index (χ4n) is 3.00. The molecule has 4 nitrogen and oxygen atoms in total. The third-order valence-electron chi connectivity index (χ3n) is 4.62. The van der Waals surface area contributed by atoms with Crippen LogP contribution in [0.1, 0.15) is 16.7 Å². The molecule has 0 saturated heterocycles. The highest BCUT2D eigenvalue weighted by Crippen LogP contribution is 2.29. The molecule has 4 aromatic rings. The van der Waals surface area contributed by atoms with Crippen molar-refractivity contribution < 1.29 is 9.47 Å². The number of ether oxygens (including phenoxy) is 2. The first-order chi connectivity index (χ1) is 15.4. The van der Waals surface area contributed by atoms with Gasteiger partial charge < -0.3 is 9.47 Å². The molecular formula is C27H24N2O2. The van der Waals surface area contributed by atoms with Crippen LogP contribution in [-0.2, 0) is 13.2 Å². The van der Waals surface area contributed by atoms with E-state index >= 15 is 0 Å². The normalized spacial score (nSPS) is 10.7. The maximum absolute atomic E-state index is 6.11. The monoisotopic (exact) mass is 408 g/mol. The summed E-state index contributed by atoms with van der Waals surface area (Å²) in [6, 6.07) is 35.8. The van der Waals surface area contributed by atoms with E-state index in [1.807, 2.05) is 109 Å². The summed E-state index contributed by atoms with van der Waals surface area (Å²) in [5.74, 6) is 1.39. The summed E-state index contributed by atoms with van der Waals surface area (Å²) in [4.78, 5) is 0. The molecule has 0 atom stereocenters. The Morgan fingerprint density at radius 1 is 0.613 bits per heavy atom. The van der Waals surface area contributed by atoms with E-state index in [4.69, 9.17) is 9.47 Å². The smallest absolute Gasteiger partial charge is 0.162 e. The van der Waals surface area contributed by atoms with Crippen molar-refractivity contribution in [3.05, 3.63) is 126 Å². The molecule has 0 aliphatic rings. The quantitative estimate of drug-likeness (QED) is 0.261. The summed E-state index contributed by atoms with van der Waals surface area (Å²) >= 11 is 0. The largest absolute Gasteiger partial charge is 0.485 e. The predicted octanol–water partition coefficient (Wildman–Crippen LogP) is 6.29. The third-order valence-corrected chi connectivity index (χ3v) is 4.62. The second-order valence-corrected chi connectivity index (χ2v) is 6.99. The number of nitrogens with zero attached hydrogens (tertiary/aromatic N) is 1. The minimum atomic E-state index is 0.464. The van der Waals surface area contributed by atoms with E-state index in [0.29, 0.717) is 24.7 Å². The molecule has 0 fully saturated rings. The summed E-state index contributed by atoms with van der Waals surface area (Å²) in [6.07, 6.45) is 1.77. The van der Waals surface area contributed by atoms with Crippen LogP contribution in [0.5, 0.6) is 11.5 Å². The fourth-order valence-corrected chi connectivity index (χ4v) is 3.00. The average molecular weight is 409 g/mol. The molecule has 154 valence electrons. The summed E-state index contributed by atoms with van der Waals surface area (Å²) in [7, 11) is 0. The van der Waals surface area contributed by atoms with Gasteiger partial charge in [-0.25, -0.2) is 0 Å². The maximum atomic E-state index is 6.11. The van der Waals surface area contributed by atoms with Crippen molar-refractivity contribution in [3.63, 3.8) is 0 Å². The Morgan fingerprint density at radius 3 is 1.77 bits per heavy atom. The first kappa shape index (κ1) is 20.2. The lowest BCUT2D eigenvalue weighted by Crippen LogP contribution is -2.01. The molecule has 1 N–H and O–H groups in total. The molecule has 0 radical (unpaired) electrons. The second kappa shape index (κ2) is 10.6. The van der Waals surface area contributed by atoms with Crippen LogP contribution in [0.2, 0.25) is 0 Å². The van der Waals surface area contributed by atoms with Gasteiger partial charge >= 0.3 is 0 Å². The number of hydrogen-bond donors (Lipinski definition) is 1. The fraction of sp³-hybridized carbons (Fsp3) is 0.0741. The lowest BCUT2D eigenvalue weighted by atomic mass is 10.2. The number of hydrogen-bond acceptors (Lipinski definition) is 4. The SMILES string of the molecule is C(=N/Nc1ccccc1)/c1ccc(OCc2ccccc2)c(OCc2ccccc2)c1. The van der Waals surface area contributed by atoms with Gasteiger partial charge in [-0.3, -0.25) is 5.43 Å². The van der Waals surface area contributed by atoms with Crippen LogP contribution in [0.3, 0.4) is 0 Å². The molecule has 4 rings (SSSR count). The van der Waals surface area contributed by atoms with Gasteiger partial charge in [0.2, 0.25) is 0 Å². The van der Waals surface area contributed by atoms with E-state index in [0.717, 1.165) is 22.4 Å². The van der Waals surface area contributed by atoms with E-state index in [2.05, 4.69) is 10.5 Å². The topological polar surface area (TPSA) is 42.9 Å². The number of rotatable bonds is 9. The van der Waals surface area contributed by atoms with Crippen molar-refractivity contribution in [2.45, 2.75) is 13.2 Å². The molecule has 0 heterocycles. The zero-order chi connectivity index (χ0) is 21.1. The second-order valence-electron chi connectivity index (χ2n) is 6.99. The number of nitrogens with one attached hydrogen (secondary N) is 1. The van der Waals surface area contributed by atoms with Gasteiger partial charge in [-0.05, 0) is 47.0 Å². The van der Waals surface area contributed by atoms with E-state index in [-0.39, 0.29) is 0 Å². The van der Waals surface area contributed by atoms with Crippen LogP contribution in [0, 0.1) is 0 Å². The molecule has 0 aliphatic carbocycles. The summed E-state index contributed by atoms with van der Waals surface area (Å²) in [5.41, 5.74) is 7.08. The Bertz CT molecular complexity index is 1100. The Labute approximate surface area is 182 Å². The first-order valence-corrected chi connectivity index (χ1v) is 10.2. The Morgan fingerprint density at radius 2 is 1.16 bits per heavy atom. The van der Waals surface area contributed by atoms with E-state index < -0.39 is 0 Å². The molecule has 4 heteroatoms. The average Bonchev–Trinajstić information content (AvgIpc) is 2.84. The van der Waals surface area contributed by atoms with Crippen molar-refractivity contribution >= 4 is 11.9 Å². The number of anilines is 1. The number of para-hydroxylation sites is 1. The number of benzene rings is 4. The van der Waals surface area contributed by atoms with Gasteiger partial charge in [-0.2, -0.15) is 5.10 Å². The van der Waals surface area contributed by atoms with Crippen LogP contribution in [0.4, 0.5) is 5.69 Å². The van der Waals surface area contributed by atoms with E-state index in [1.54, 1.807) is 6.21 Å². The maximum Gasteiger partial charge on any atom is 0.162 e. The first-order valence-electron chi connectivity index (χ1n) is 10.2. The predicted molar refractivity (Wildman–Crippen MR) is 126 cm³/mol.